The Morgan fingerprint density at radius 3 is 1.62 bits per heavy atom. The Bertz CT molecular complexity index is 388. The molecule has 0 aromatic heterocycles. The first kappa shape index (κ1) is 16.7. The summed E-state index contributed by atoms with van der Waals surface area (Å²) in [5.41, 5.74) is -8.44. The molecule has 0 aromatic carbocycles. The van der Waals surface area contributed by atoms with Crippen LogP contribution in [0.1, 0.15) is 38.5 Å². The lowest BCUT2D eigenvalue weighted by molar-refractivity contribution is -0.437. The Hall–Kier alpha value is -0.630. The summed E-state index contributed by atoms with van der Waals surface area (Å²) >= 11 is 0. The summed E-state index contributed by atoms with van der Waals surface area (Å²) in [6.07, 6.45) is -21.7. The molecule has 0 aromatic rings. The molecule has 2 aliphatic carbocycles. The molecule has 0 saturated heterocycles. The first-order valence-electron chi connectivity index (χ1n) is 6.49. The summed E-state index contributed by atoms with van der Waals surface area (Å²) in [5, 5.41) is 0. The molecule has 0 radical (unpaired) electrons. The summed E-state index contributed by atoms with van der Waals surface area (Å²) in [5.74, 6) is -0.724. The van der Waals surface area contributed by atoms with Crippen LogP contribution < -0.4 is 0 Å². The van der Waals surface area contributed by atoms with Crippen LogP contribution in [-0.2, 0) is 0 Å². The van der Waals surface area contributed by atoms with E-state index in [2.05, 4.69) is 0 Å². The minimum absolute atomic E-state index is 0.254. The molecule has 0 nitrogen and oxygen atoms in total. The third kappa shape index (κ3) is 2.05. The van der Waals surface area contributed by atoms with Crippen molar-refractivity contribution in [3.05, 3.63) is 0 Å². The smallest absolute Gasteiger partial charge is 0.170 e. The summed E-state index contributed by atoms with van der Waals surface area (Å²) in [4.78, 5) is 0. The molecule has 2 fully saturated rings. The molecule has 0 spiro atoms. The van der Waals surface area contributed by atoms with Crippen LogP contribution in [0.15, 0.2) is 0 Å². The van der Waals surface area contributed by atoms with Gasteiger partial charge in [0.2, 0.25) is 0 Å². The predicted molar refractivity (Wildman–Crippen MR) is 54.2 cm³/mol. The second-order valence-corrected chi connectivity index (χ2v) is 5.98. The van der Waals surface area contributed by atoms with Crippen molar-refractivity contribution in [1.29, 1.82) is 0 Å². The van der Waals surface area contributed by atoms with Crippen molar-refractivity contribution < 1.29 is 39.5 Å². The molecule has 2 atom stereocenters. The minimum atomic E-state index is -5.98. The van der Waals surface area contributed by atoms with E-state index in [1.165, 1.54) is 0 Å². The minimum Gasteiger partial charge on any atom is -0.170 e. The zero-order valence-electron chi connectivity index (χ0n) is 10.7. The van der Waals surface area contributed by atoms with E-state index in [1.54, 1.807) is 0 Å². The molecule has 0 aliphatic heterocycles. The zero-order valence-corrected chi connectivity index (χ0v) is 10.7. The Labute approximate surface area is 114 Å². The standard InChI is InChI=1S/C12H13F9/c13-10(14,15)8-4-1-2-7(6-8)3-5-9(8,11(16,17)18)12(19,20)21/h7H,1-6H2. The Morgan fingerprint density at radius 2 is 1.19 bits per heavy atom. The fourth-order valence-electron chi connectivity index (χ4n) is 4.17. The van der Waals surface area contributed by atoms with Gasteiger partial charge in [-0.3, -0.25) is 0 Å². The van der Waals surface area contributed by atoms with Crippen molar-refractivity contribution in [2.75, 3.05) is 0 Å². The Morgan fingerprint density at radius 1 is 0.667 bits per heavy atom. The molecule has 0 amide bonds. The van der Waals surface area contributed by atoms with Crippen LogP contribution in [0.4, 0.5) is 39.5 Å². The van der Waals surface area contributed by atoms with E-state index in [-0.39, 0.29) is 12.8 Å². The van der Waals surface area contributed by atoms with E-state index in [0.29, 0.717) is 0 Å². The molecule has 21 heavy (non-hydrogen) atoms. The van der Waals surface area contributed by atoms with Crippen LogP contribution in [-0.4, -0.2) is 18.5 Å². The SMILES string of the molecule is FC(F)(F)C12CCCC(CCC1(C(F)(F)F)C(F)(F)F)C2. The lowest BCUT2D eigenvalue weighted by atomic mass is 9.48. The normalized spacial score (nSPS) is 33.9. The van der Waals surface area contributed by atoms with Gasteiger partial charge in [0, 0.05) is 0 Å². The van der Waals surface area contributed by atoms with Gasteiger partial charge in [-0.05, 0) is 31.6 Å². The Balaban J connectivity index is 2.72. The van der Waals surface area contributed by atoms with Gasteiger partial charge in [0.1, 0.15) is 0 Å². The highest BCUT2D eigenvalue weighted by molar-refractivity contribution is 5.14. The molecule has 2 rings (SSSR count). The van der Waals surface area contributed by atoms with E-state index < -0.39 is 61.0 Å². The maximum absolute atomic E-state index is 13.4. The second-order valence-electron chi connectivity index (χ2n) is 5.98. The number of rotatable bonds is 0. The Kier molecular flexibility index (Phi) is 3.54. The maximum Gasteiger partial charge on any atom is 0.404 e. The molecule has 2 bridgehead atoms. The summed E-state index contributed by atoms with van der Waals surface area (Å²) in [6, 6.07) is 0. The van der Waals surface area contributed by atoms with Gasteiger partial charge < -0.3 is 0 Å². The number of fused-ring (bicyclic) bond motifs is 2. The molecule has 2 aliphatic rings. The zero-order chi connectivity index (χ0) is 16.3. The van der Waals surface area contributed by atoms with Gasteiger partial charge in [0.05, 0.1) is 5.41 Å². The van der Waals surface area contributed by atoms with Crippen LogP contribution in [0, 0.1) is 16.7 Å². The van der Waals surface area contributed by atoms with Gasteiger partial charge in [0.15, 0.2) is 5.41 Å². The van der Waals surface area contributed by atoms with Crippen molar-refractivity contribution in [1.82, 2.24) is 0 Å². The van der Waals surface area contributed by atoms with Crippen LogP contribution in [0.3, 0.4) is 0 Å². The monoisotopic (exact) mass is 328 g/mol. The van der Waals surface area contributed by atoms with Gasteiger partial charge >= 0.3 is 18.5 Å². The number of halogens is 9. The van der Waals surface area contributed by atoms with Crippen molar-refractivity contribution in [3.8, 4) is 0 Å². The van der Waals surface area contributed by atoms with E-state index in [1.807, 2.05) is 0 Å². The first-order valence-corrected chi connectivity index (χ1v) is 6.49. The number of hydrogen-bond donors (Lipinski definition) is 0. The van der Waals surface area contributed by atoms with Gasteiger partial charge in [-0.1, -0.05) is 12.8 Å². The van der Waals surface area contributed by atoms with Gasteiger partial charge in [-0.25, -0.2) is 0 Å². The van der Waals surface area contributed by atoms with Crippen LogP contribution in [0.25, 0.3) is 0 Å². The quantitative estimate of drug-likeness (QED) is 0.506. The summed E-state index contributed by atoms with van der Waals surface area (Å²) in [6.45, 7) is 0. The maximum atomic E-state index is 13.4. The molecule has 2 saturated carbocycles. The third-order valence-electron chi connectivity index (χ3n) is 5.11. The summed E-state index contributed by atoms with van der Waals surface area (Å²) < 4.78 is 119. The molecular formula is C12H13F9. The van der Waals surface area contributed by atoms with Crippen molar-refractivity contribution >= 4 is 0 Å². The number of hydrogen-bond acceptors (Lipinski definition) is 0. The topological polar surface area (TPSA) is 0 Å². The molecule has 124 valence electrons. The van der Waals surface area contributed by atoms with E-state index in [0.717, 1.165) is 0 Å². The second kappa shape index (κ2) is 4.44. The van der Waals surface area contributed by atoms with Crippen molar-refractivity contribution in [2.45, 2.75) is 57.1 Å². The fourth-order valence-corrected chi connectivity index (χ4v) is 4.17. The number of alkyl halides is 9. The van der Waals surface area contributed by atoms with Gasteiger partial charge in [-0.2, -0.15) is 39.5 Å². The first-order chi connectivity index (χ1) is 9.29. The van der Waals surface area contributed by atoms with E-state index >= 15 is 0 Å². The fraction of sp³-hybridized carbons (Fsp3) is 1.00. The van der Waals surface area contributed by atoms with Crippen molar-refractivity contribution in [3.63, 3.8) is 0 Å². The highest BCUT2D eigenvalue weighted by Crippen LogP contribution is 2.74. The lowest BCUT2D eigenvalue weighted by Gasteiger charge is -2.58. The molecule has 0 N–H and O–H groups in total. The molecule has 9 heteroatoms. The average molecular weight is 328 g/mol. The summed E-state index contributed by atoms with van der Waals surface area (Å²) in [7, 11) is 0. The molecule has 2 unspecified atom stereocenters. The third-order valence-corrected chi connectivity index (χ3v) is 5.11. The van der Waals surface area contributed by atoms with Crippen LogP contribution in [0.5, 0.6) is 0 Å². The highest BCUT2D eigenvalue weighted by Gasteiger charge is 2.85. The molecular weight excluding hydrogens is 315 g/mol. The highest BCUT2D eigenvalue weighted by atomic mass is 19.4. The van der Waals surface area contributed by atoms with Crippen LogP contribution >= 0.6 is 0 Å². The average Bonchev–Trinajstić information content (AvgIpc) is 2.24. The van der Waals surface area contributed by atoms with Gasteiger partial charge in [-0.15, -0.1) is 0 Å². The largest absolute Gasteiger partial charge is 0.404 e. The molecule has 0 heterocycles. The lowest BCUT2D eigenvalue weighted by Crippen LogP contribution is -2.68. The van der Waals surface area contributed by atoms with Gasteiger partial charge in [0.25, 0.3) is 0 Å². The van der Waals surface area contributed by atoms with E-state index in [9.17, 15) is 39.5 Å². The van der Waals surface area contributed by atoms with Crippen molar-refractivity contribution in [2.24, 2.45) is 16.7 Å². The predicted octanol–water partition coefficient (Wildman–Crippen LogP) is 5.63. The van der Waals surface area contributed by atoms with E-state index in [4.69, 9.17) is 0 Å². The van der Waals surface area contributed by atoms with Crippen LogP contribution in [0.2, 0.25) is 0 Å².